The van der Waals surface area contributed by atoms with E-state index in [1.54, 1.807) is 39.7 Å². The quantitative estimate of drug-likeness (QED) is 0.0223. The van der Waals surface area contributed by atoms with Crippen molar-refractivity contribution in [3.63, 3.8) is 0 Å². The molecule has 104 heavy (non-hydrogen) atoms. The molecule has 2 fully saturated rings. The normalized spacial score (nSPS) is 21.4. The molecule has 2 aliphatic rings. The number of allylic oxidation sites excluding steroid dienone is 6. The average molecular weight is 1500 g/mol. The number of nitrogens with one attached hydrogen (secondary N) is 2. The second-order valence-corrected chi connectivity index (χ2v) is 29.7. The van der Waals surface area contributed by atoms with Gasteiger partial charge < -0.3 is 63.1 Å². The molecule has 0 aromatic rings. The third-order valence-corrected chi connectivity index (χ3v) is 20.5. The number of methoxy groups -OCH3 is 4. The molecule has 12 atom stereocenters. The predicted octanol–water partition coefficient (Wildman–Crippen LogP) is 20.4. The summed E-state index contributed by atoms with van der Waals surface area (Å²) < 4.78 is 91.1. The third-order valence-electron chi connectivity index (χ3n) is 19.0. The highest BCUT2D eigenvalue weighted by Crippen LogP contribution is 2.52. The van der Waals surface area contributed by atoms with Gasteiger partial charge in [0.15, 0.2) is 0 Å². The van der Waals surface area contributed by atoms with Gasteiger partial charge in [0.1, 0.15) is 48.7 Å². The molecule has 0 radical (unpaired) electrons. The standard InChI is InChI=1S/C45H82NO10P.C39H73NO7/c1-8-13-15-17-18-19-20-21-22-23-24-25-26-28-30-32-41(47)46-42-44(51-37-33-39(50-7)31-29-27-16-14-9-2)43(40(38-49-6)55-45(42)52-34-10-3)56-57(48,53-35-11-4)54-36-12-5;1-6-9-11-13-14-15-16-17-18-19-20-21-22-24-26-28-35(41)40-36-38(37(42)34(32-43-4)47-39(36)46-30-8-3)45-31-29-33(44-5)27-25-23-12-10-7-2/h10-12,19-20,34,39-40,42-45H,4-5,8-9,13-18,21-33,35-38H2,1-3,6-7H3,(H,46,47);8,15-16,30,33-34,36-39,42H,6-7,9-14,17-29,31-32H2,1-5H3,(H,40,41)/b20-19-,34-10-;16-15-,30-8-/t39-,40-,42-,43-,44-,45?;33-,34-,36-,37-,38-,39+/m11/s1. The number of hydrogen-bond donors (Lipinski definition) is 3. The summed E-state index contributed by atoms with van der Waals surface area (Å²) in [4.78, 5) is 26.7. The fourth-order valence-corrected chi connectivity index (χ4v) is 14.3. The van der Waals surface area contributed by atoms with E-state index >= 15 is 0 Å². The van der Waals surface area contributed by atoms with Crippen LogP contribution in [0.15, 0.2) is 74.3 Å². The smallest absolute Gasteiger partial charge is 0.471 e. The van der Waals surface area contributed by atoms with E-state index in [2.05, 4.69) is 75.8 Å². The van der Waals surface area contributed by atoms with Crippen LogP contribution in [0.5, 0.6) is 0 Å². The van der Waals surface area contributed by atoms with Crippen LogP contribution in [-0.4, -0.2) is 158 Å². The molecule has 19 nitrogen and oxygen atoms in total. The molecule has 1 unspecified atom stereocenters. The van der Waals surface area contributed by atoms with Gasteiger partial charge >= 0.3 is 7.82 Å². The van der Waals surface area contributed by atoms with E-state index in [0.29, 0.717) is 32.3 Å². The molecule has 0 aliphatic carbocycles. The Bertz CT molecular complexity index is 2160. The van der Waals surface area contributed by atoms with Crippen LogP contribution in [0.1, 0.15) is 311 Å². The van der Waals surface area contributed by atoms with E-state index in [-0.39, 0.29) is 57.1 Å². The van der Waals surface area contributed by atoms with Gasteiger partial charge in [0.2, 0.25) is 24.4 Å². The highest BCUT2D eigenvalue weighted by atomic mass is 31.2. The lowest BCUT2D eigenvalue weighted by atomic mass is 9.96. The van der Waals surface area contributed by atoms with Gasteiger partial charge in [-0.1, -0.05) is 243 Å². The van der Waals surface area contributed by atoms with Crippen molar-refractivity contribution >= 4 is 19.6 Å². The highest BCUT2D eigenvalue weighted by molar-refractivity contribution is 7.48. The number of aliphatic hydroxyl groups excluding tert-OH is 1. The van der Waals surface area contributed by atoms with Crippen LogP contribution >= 0.6 is 7.82 Å². The molecule has 2 amide bonds. The summed E-state index contributed by atoms with van der Waals surface area (Å²) in [6.45, 7) is 20.7. The molecule has 20 heteroatoms. The maximum Gasteiger partial charge on any atom is 0.475 e. The molecule has 2 saturated heterocycles. The van der Waals surface area contributed by atoms with Crippen molar-refractivity contribution in [3.05, 3.63) is 74.3 Å². The van der Waals surface area contributed by atoms with Crippen LogP contribution in [0.3, 0.4) is 0 Å². The minimum Gasteiger partial charge on any atom is -0.471 e. The van der Waals surface area contributed by atoms with Gasteiger partial charge in [-0.15, -0.1) is 13.2 Å². The number of carbonyl (C=O) groups excluding carboxylic acids is 2. The second-order valence-electron chi connectivity index (χ2n) is 28.1. The van der Waals surface area contributed by atoms with Gasteiger partial charge in [-0.25, -0.2) is 4.57 Å². The first-order valence-corrected chi connectivity index (χ1v) is 42.8. The van der Waals surface area contributed by atoms with Gasteiger partial charge in [-0.3, -0.25) is 23.2 Å². The highest BCUT2D eigenvalue weighted by Gasteiger charge is 2.52. The minimum absolute atomic E-state index is 0.0105. The van der Waals surface area contributed by atoms with Gasteiger partial charge in [-0.2, -0.15) is 0 Å². The van der Waals surface area contributed by atoms with Crippen molar-refractivity contribution < 1.29 is 80.2 Å². The zero-order valence-electron chi connectivity index (χ0n) is 67.5. The molecule has 2 aliphatic heterocycles. The summed E-state index contributed by atoms with van der Waals surface area (Å²) in [5, 5.41) is 17.5. The zero-order chi connectivity index (χ0) is 76.2. The van der Waals surface area contributed by atoms with Gasteiger partial charge in [0, 0.05) is 54.5 Å². The Labute approximate surface area is 634 Å². The van der Waals surface area contributed by atoms with Crippen molar-refractivity contribution in [2.24, 2.45) is 0 Å². The Morgan fingerprint density at radius 3 is 1.19 bits per heavy atom. The summed E-state index contributed by atoms with van der Waals surface area (Å²) >= 11 is 0. The number of hydrogen-bond acceptors (Lipinski definition) is 17. The number of carbonyl (C=O) groups is 2. The molecule has 2 rings (SSSR count). The zero-order valence-corrected chi connectivity index (χ0v) is 68.4. The van der Waals surface area contributed by atoms with Crippen molar-refractivity contribution in [3.8, 4) is 0 Å². The number of rotatable bonds is 70. The number of phosphoric acid groups is 1. The van der Waals surface area contributed by atoms with Crippen LogP contribution in [0.4, 0.5) is 0 Å². The van der Waals surface area contributed by atoms with Gasteiger partial charge in [-0.05, 0) is 104 Å². The molecule has 2 heterocycles. The monoisotopic (exact) mass is 1500 g/mol. The molecule has 0 saturated carbocycles. The molecule has 3 N–H and O–H groups in total. The summed E-state index contributed by atoms with van der Waals surface area (Å²) in [5.74, 6) is -0.241. The van der Waals surface area contributed by atoms with E-state index in [0.717, 1.165) is 83.5 Å². The Morgan fingerprint density at radius 1 is 0.462 bits per heavy atom. The van der Waals surface area contributed by atoms with Crippen molar-refractivity contribution in [2.75, 3.05) is 68.1 Å². The number of unbranched alkanes of at least 4 members (excludes halogenated alkanes) is 30. The summed E-state index contributed by atoms with van der Waals surface area (Å²) in [5.41, 5.74) is 0. The predicted molar refractivity (Wildman–Crippen MR) is 423 cm³/mol. The molecule has 608 valence electrons. The summed E-state index contributed by atoms with van der Waals surface area (Å²) in [6, 6.07) is -1.50. The van der Waals surface area contributed by atoms with Crippen molar-refractivity contribution in [1.82, 2.24) is 10.6 Å². The number of amides is 2. The first kappa shape index (κ1) is 98.7. The van der Waals surface area contributed by atoms with Crippen LogP contribution in [0.25, 0.3) is 0 Å². The molecular formula is C84H155N2O17P. The SMILES string of the molecule is C/C=C\O[C@H]1O[C@H](COC)[C@@H](O)[C@H](OCC[C@@H](CCCCCCC)OC)[C@H]1NC(=O)CCCCCCCCC/C=C\CCCCCC.C=CCOP(=O)(OCC=C)O[C@H]1[C@H](OCC[C@@H](CCCCCCC)OC)[C@@H](NC(=O)CCCCCCCCC/C=C\CCCCCC)C(O/C=C\C)O[C@@H]1COC. The molecule has 0 spiro atoms. The van der Waals surface area contributed by atoms with E-state index in [1.807, 2.05) is 13.8 Å². The Morgan fingerprint density at radius 2 is 0.808 bits per heavy atom. The van der Waals surface area contributed by atoms with Crippen LogP contribution in [-0.2, 0) is 75.1 Å². The van der Waals surface area contributed by atoms with Crippen molar-refractivity contribution in [2.45, 2.75) is 385 Å². The van der Waals surface area contributed by atoms with E-state index in [9.17, 15) is 19.3 Å². The van der Waals surface area contributed by atoms with E-state index < -0.39 is 69.1 Å². The fraction of sp³-hybridized carbons (Fsp3) is 0.833. The van der Waals surface area contributed by atoms with Gasteiger partial charge in [0.05, 0.1) is 51.2 Å². The summed E-state index contributed by atoms with van der Waals surface area (Å²) in [6.07, 6.45) is 59.0. The maximum absolute atomic E-state index is 14.0. The lowest BCUT2D eigenvalue weighted by Crippen LogP contribution is -2.66. The molecule has 0 bridgehead atoms. The maximum atomic E-state index is 14.0. The fourth-order valence-electron chi connectivity index (χ4n) is 12.9. The second kappa shape index (κ2) is 70.1. The number of phosphoric ester groups is 1. The Kier molecular flexibility index (Phi) is 66.6. The minimum atomic E-state index is -4.20. The lowest BCUT2D eigenvalue weighted by Gasteiger charge is -2.46. The van der Waals surface area contributed by atoms with E-state index in [4.69, 9.17) is 60.9 Å². The topological polar surface area (TPSA) is 215 Å². The Balaban J connectivity index is 0.00000106. The number of aliphatic hydroxyl groups is 1. The first-order chi connectivity index (χ1) is 50.8. The van der Waals surface area contributed by atoms with Crippen molar-refractivity contribution in [1.29, 1.82) is 0 Å². The van der Waals surface area contributed by atoms with Crippen LogP contribution in [0.2, 0.25) is 0 Å². The van der Waals surface area contributed by atoms with E-state index in [1.165, 1.54) is 186 Å². The largest absolute Gasteiger partial charge is 0.475 e. The molecular weight excluding hydrogens is 1340 g/mol. The first-order valence-electron chi connectivity index (χ1n) is 41.3. The number of ether oxygens (including phenoxy) is 10. The Hall–Kier alpha value is -3.27. The van der Waals surface area contributed by atoms with Crippen LogP contribution in [0, 0.1) is 0 Å². The third kappa shape index (κ3) is 49.7. The average Bonchev–Trinajstić information content (AvgIpc) is 0.789. The summed E-state index contributed by atoms with van der Waals surface area (Å²) in [7, 11) is 2.36. The molecule has 0 aromatic carbocycles. The lowest BCUT2D eigenvalue weighted by molar-refractivity contribution is -0.265. The van der Waals surface area contributed by atoms with Crippen LogP contribution < -0.4 is 10.6 Å². The van der Waals surface area contributed by atoms with Gasteiger partial charge in [0.25, 0.3) is 0 Å². The molecule has 0 aromatic heterocycles.